The van der Waals surface area contributed by atoms with Gasteiger partial charge in [0.05, 0.1) is 61.6 Å². The van der Waals surface area contributed by atoms with E-state index in [0.29, 0.717) is 0 Å². The summed E-state index contributed by atoms with van der Waals surface area (Å²) >= 11 is 0. The van der Waals surface area contributed by atoms with Crippen LogP contribution in [0.2, 0.25) is 0 Å². The minimum absolute atomic E-state index is 0.00608. The molecular weight excluding hydrogens is 1820 g/mol. The second-order valence-corrected chi connectivity index (χ2v) is 30.5. The van der Waals surface area contributed by atoms with Crippen molar-refractivity contribution < 1.29 is 259 Å². The molecule has 0 radical (unpaired) electrons. The smallest absolute Gasteiger partial charge is 0.341 e. The van der Waals surface area contributed by atoms with E-state index in [1.165, 1.54) is 0 Å². The second kappa shape index (κ2) is 28.4. The summed E-state index contributed by atoms with van der Waals surface area (Å²) in [5.41, 5.74) is -44.1. The van der Waals surface area contributed by atoms with Gasteiger partial charge in [-0.3, -0.25) is 0 Å². The molecule has 52 heteroatoms. The fraction of sp³-hybridized carbons (Fsp3) is 0.146. The molecule has 0 saturated heterocycles. The normalized spacial score (nSPS) is 21.3. The highest BCUT2D eigenvalue weighted by atomic mass is 16.7. The van der Waals surface area contributed by atoms with Gasteiger partial charge in [0.2, 0.25) is 63.6 Å². The van der Waals surface area contributed by atoms with Gasteiger partial charge in [-0.05, 0) is 30.3 Å². The molecule has 10 aliphatic heterocycles. The van der Waals surface area contributed by atoms with Crippen molar-refractivity contribution in [3.63, 3.8) is 0 Å². The van der Waals surface area contributed by atoms with Crippen LogP contribution in [0, 0.1) is 0 Å². The lowest BCUT2D eigenvalue weighted by Crippen LogP contribution is -2.62. The van der Waals surface area contributed by atoms with Crippen LogP contribution in [0.5, 0.6) is 172 Å². The van der Waals surface area contributed by atoms with E-state index < -0.39 is 445 Å². The Morgan fingerprint density at radius 3 is 0.896 bits per heavy atom. The quantitative estimate of drug-likeness (QED) is 0.0637. The molecular formula is C82H50O52. The van der Waals surface area contributed by atoms with Crippen molar-refractivity contribution in [2.24, 2.45) is 0 Å². The first-order chi connectivity index (χ1) is 62.9. The van der Waals surface area contributed by atoms with Crippen LogP contribution in [0.4, 0.5) is 0 Å². The number of benzene rings is 10. The van der Waals surface area contributed by atoms with Gasteiger partial charge in [-0.25, -0.2) is 47.9 Å². The van der Waals surface area contributed by atoms with Crippen molar-refractivity contribution in [1.29, 1.82) is 0 Å². The van der Waals surface area contributed by atoms with Crippen molar-refractivity contribution in [2.75, 3.05) is 13.2 Å². The summed E-state index contributed by atoms with van der Waals surface area (Å²) in [5, 5.41) is 383. The molecule has 134 heavy (non-hydrogen) atoms. The number of hydrogen-bond acceptors (Lipinski definition) is 52. The lowest BCUT2D eigenvalue weighted by Gasteiger charge is -2.44. The number of phenols is 30. The van der Waals surface area contributed by atoms with Gasteiger partial charge >= 0.3 is 59.7 Å². The zero-order valence-corrected chi connectivity index (χ0v) is 65.0. The molecule has 0 spiro atoms. The third kappa shape index (κ3) is 11.2. The molecule has 32 N–H and O–H groups in total. The van der Waals surface area contributed by atoms with Crippen LogP contribution in [-0.2, 0) is 47.4 Å². The Balaban J connectivity index is 0.962. The van der Waals surface area contributed by atoms with E-state index in [4.69, 9.17) is 47.4 Å². The molecule has 0 saturated carbocycles. The molecule has 10 aromatic rings. The number of carbonyl (C=O) groups is 10. The van der Waals surface area contributed by atoms with Gasteiger partial charge in [-0.2, -0.15) is 0 Å². The molecule has 690 valence electrons. The lowest BCUT2D eigenvalue weighted by atomic mass is 9.72. The first kappa shape index (κ1) is 85.6. The molecule has 0 aromatic heterocycles. The number of aromatic hydroxyl groups is 30. The van der Waals surface area contributed by atoms with Gasteiger partial charge in [-0.15, -0.1) is 0 Å². The van der Waals surface area contributed by atoms with Crippen LogP contribution in [0.15, 0.2) is 30.3 Å². The highest BCUT2D eigenvalue weighted by Gasteiger charge is 2.64. The molecule has 0 aliphatic carbocycles. The number of phenolic OH excluding ortho intramolecular Hbond substituents is 30. The van der Waals surface area contributed by atoms with Crippen LogP contribution in [0.1, 0.15) is 132 Å². The molecule has 12 bridgehead atoms. The van der Waals surface area contributed by atoms with Gasteiger partial charge in [0, 0.05) is 83.5 Å². The average Bonchev–Trinajstić information content (AvgIpc) is 1.02. The van der Waals surface area contributed by atoms with E-state index in [1.54, 1.807) is 0 Å². The maximum atomic E-state index is 16.8. The number of aliphatic hydroxyl groups is 2. The minimum Gasteiger partial charge on any atom is -0.504 e. The molecule has 20 rings (SSSR count). The van der Waals surface area contributed by atoms with E-state index in [9.17, 15) is 168 Å². The van der Waals surface area contributed by atoms with Crippen molar-refractivity contribution in [3.05, 3.63) is 103 Å². The van der Waals surface area contributed by atoms with Crippen molar-refractivity contribution >= 4 is 59.7 Å². The fourth-order valence-corrected chi connectivity index (χ4v) is 17.6. The third-order valence-electron chi connectivity index (χ3n) is 23.5. The summed E-state index contributed by atoms with van der Waals surface area (Å²) in [6.45, 7) is -4.74. The predicted molar refractivity (Wildman–Crippen MR) is 410 cm³/mol. The highest BCUT2D eigenvalue weighted by molar-refractivity contribution is 6.20. The number of cyclic esters (lactones) is 2. The van der Waals surface area contributed by atoms with E-state index in [2.05, 4.69) is 0 Å². The average molecular weight is 1870 g/mol. The van der Waals surface area contributed by atoms with Crippen LogP contribution >= 0.6 is 0 Å². The predicted octanol–water partition coefficient (Wildman–Crippen LogP) is 2.37. The Morgan fingerprint density at radius 2 is 0.493 bits per heavy atom. The van der Waals surface area contributed by atoms with Crippen molar-refractivity contribution in [3.8, 4) is 239 Å². The Kier molecular flexibility index (Phi) is 18.1. The number of rotatable bonds is 1. The molecule has 10 heterocycles. The zero-order valence-electron chi connectivity index (χ0n) is 65.0. The Hall–Kier alpha value is -19.2. The summed E-state index contributed by atoms with van der Waals surface area (Å²) in [7, 11) is 0. The maximum Gasteiger partial charge on any atom is 0.341 e. The van der Waals surface area contributed by atoms with Crippen LogP contribution in [0.3, 0.4) is 0 Å². The number of aliphatic hydroxyl groups excluding tert-OH is 1. The SMILES string of the molecule is O=C1OC[C@]2(O)OC(=O)c3cc(O)c(O)c(O)c3-c3c(O)c(O)c(O)c4c3C(=O)O[C@H]([C@H]3OC(=O)c5c-4c(O)c(O)c(O)c5[C@@H]3c3c(O)c(O)c(O)c4c3C(=O)OC[C@H]3OC(=O)c5cc(O)c(O)c(O)c5-c5c(O)c(O)c(O)c6c5C(=O)O[C@H]([C@H]5OC(=O)c7c-6c(O)c(O)c(O)c7[C@H]5O)[C@@H]3OC(=O)c3cc(O)c(O)c(O)c3-4)[C@@H]2OC(=O)c2cc(O)c(O)c(O)c2-c2c1cc(O)c(O)c2O. The lowest BCUT2D eigenvalue weighted by molar-refractivity contribution is -0.268. The van der Waals surface area contributed by atoms with Crippen molar-refractivity contribution in [2.45, 2.75) is 60.5 Å². The first-order valence-electron chi connectivity index (χ1n) is 37.3. The van der Waals surface area contributed by atoms with E-state index >= 15 is 43.2 Å². The van der Waals surface area contributed by atoms with E-state index in [-0.39, 0.29) is 30.3 Å². The highest BCUT2D eigenvalue weighted by Crippen LogP contribution is 2.68. The third-order valence-corrected chi connectivity index (χ3v) is 23.5. The standard InChI is InChI=1S/C82H50O52/c83-13-1-8-19(45(93)40(13)88)20-9(2-14(84)41(89)46(20)94)75(117)133-71-70-67-33(32-37(78(120)129-67)28(54(102)64(112)58(32)106)27-36(80(122)132-70)26(52(100)62(110)53(27)101)23-12(5-17(87)44(92)49(23)97)76(118)134-82(71,124)7-126-72(8)114)31-34-24(50(98)63(111)57(31)105)22-11(4-16(86)43(91)48(22)96)74(116)128-66-18(6-125-77(34)119)127-73(115)10-3-15(85)42(90)47(95)21(10)25-35-29(55(103)61(109)51(25)99)30-38-39(59(107)65(113)56(30)104)60(108)68(130-81(38)123)69(66)131-79(35)121/h1-5,18,33,60,66-71,83-113,124H,6-7H2/t18-,33+,60-,66-,67+,68+,69+,70-,71+,82+/m1/s1. The van der Waals surface area contributed by atoms with Gasteiger partial charge in [0.15, 0.2) is 158 Å². The van der Waals surface area contributed by atoms with E-state index in [0.717, 1.165) is 0 Å². The van der Waals surface area contributed by atoms with Crippen LogP contribution < -0.4 is 0 Å². The molecule has 0 amide bonds. The monoisotopic (exact) mass is 1870 g/mol. The fourth-order valence-electron chi connectivity index (χ4n) is 17.6. The Bertz CT molecular complexity index is 7340. The first-order valence-corrected chi connectivity index (χ1v) is 37.3. The van der Waals surface area contributed by atoms with Crippen LogP contribution in [0.25, 0.3) is 66.8 Å². The second-order valence-electron chi connectivity index (χ2n) is 30.5. The number of esters is 10. The molecule has 0 unspecified atom stereocenters. The summed E-state index contributed by atoms with van der Waals surface area (Å²) in [6.07, 6.45) is -27.9. The summed E-state index contributed by atoms with van der Waals surface area (Å²) < 4.78 is 57.8. The number of carbonyl (C=O) groups excluding carboxylic acids is 10. The molecule has 52 nitrogen and oxygen atoms in total. The Labute approximate surface area is 731 Å². The summed E-state index contributed by atoms with van der Waals surface area (Å²) in [6, 6.07) is 0.145. The topological polar surface area (TPSA) is 910 Å². The largest absolute Gasteiger partial charge is 0.504 e. The zero-order chi connectivity index (χ0) is 97.2. The Morgan fingerprint density at radius 1 is 0.224 bits per heavy atom. The van der Waals surface area contributed by atoms with Crippen LogP contribution in [-0.4, -0.2) is 285 Å². The van der Waals surface area contributed by atoms with Gasteiger partial charge < -0.3 is 211 Å². The number of hydrogen-bond donors (Lipinski definition) is 32. The van der Waals surface area contributed by atoms with E-state index in [1.807, 2.05) is 0 Å². The number of ether oxygens (including phenoxy) is 10. The van der Waals surface area contributed by atoms with Crippen molar-refractivity contribution in [1.82, 2.24) is 0 Å². The van der Waals surface area contributed by atoms with Gasteiger partial charge in [0.25, 0.3) is 5.79 Å². The molecule has 0 fully saturated rings. The summed E-state index contributed by atoms with van der Waals surface area (Å²) in [5.74, 6) is -91.4. The molecule has 10 atom stereocenters. The molecule has 10 aliphatic rings. The maximum absolute atomic E-state index is 16.8. The minimum atomic E-state index is -4.77. The summed E-state index contributed by atoms with van der Waals surface area (Å²) in [4.78, 5) is 159. The van der Waals surface area contributed by atoms with Gasteiger partial charge in [0.1, 0.15) is 12.7 Å². The molecule has 10 aromatic carbocycles. The van der Waals surface area contributed by atoms with Gasteiger partial charge in [-0.1, -0.05) is 0 Å². The number of fused-ring (bicyclic) bond motifs is 14.